The summed E-state index contributed by atoms with van der Waals surface area (Å²) >= 11 is 0. The summed E-state index contributed by atoms with van der Waals surface area (Å²) in [6, 6.07) is 9.74. The monoisotopic (exact) mass is 298 g/mol. The molecule has 0 saturated carbocycles. The summed E-state index contributed by atoms with van der Waals surface area (Å²) in [6.07, 6.45) is 2.56. The van der Waals surface area contributed by atoms with Gasteiger partial charge in [0.25, 0.3) is 5.91 Å². The molecule has 1 aromatic carbocycles. The average molecular weight is 298 g/mol. The summed E-state index contributed by atoms with van der Waals surface area (Å²) in [6.45, 7) is 5.15. The largest absolute Gasteiger partial charge is 0.307 e. The first-order valence-corrected chi connectivity index (χ1v) is 7.75. The van der Waals surface area contributed by atoms with Crippen LogP contribution in [0.3, 0.4) is 0 Å². The first kappa shape index (κ1) is 14.8. The van der Waals surface area contributed by atoms with Crippen LogP contribution in [0.25, 0.3) is 0 Å². The third-order valence-electron chi connectivity index (χ3n) is 4.04. The molecule has 1 fully saturated rings. The van der Waals surface area contributed by atoms with Gasteiger partial charge in [0, 0.05) is 25.2 Å². The fraction of sp³-hybridized carbons (Fsp3) is 0.412. The highest BCUT2D eigenvalue weighted by Gasteiger charge is 2.14. The van der Waals surface area contributed by atoms with Gasteiger partial charge in [-0.3, -0.25) is 14.4 Å². The summed E-state index contributed by atoms with van der Waals surface area (Å²) in [7, 11) is 1.83. The van der Waals surface area contributed by atoms with Crippen molar-refractivity contribution in [2.75, 3.05) is 18.4 Å². The summed E-state index contributed by atoms with van der Waals surface area (Å²) in [5.41, 5.74) is 2.77. The van der Waals surface area contributed by atoms with Gasteiger partial charge in [-0.25, -0.2) is 0 Å². The highest BCUT2D eigenvalue weighted by Crippen LogP contribution is 2.15. The maximum Gasteiger partial charge on any atom is 0.256 e. The van der Waals surface area contributed by atoms with E-state index in [1.807, 2.05) is 38.2 Å². The van der Waals surface area contributed by atoms with Gasteiger partial charge < -0.3 is 5.32 Å². The van der Waals surface area contributed by atoms with Crippen molar-refractivity contribution in [1.29, 1.82) is 0 Å². The van der Waals surface area contributed by atoms with E-state index in [2.05, 4.69) is 21.4 Å². The van der Waals surface area contributed by atoms with Gasteiger partial charge in [-0.2, -0.15) is 5.10 Å². The predicted molar refractivity (Wildman–Crippen MR) is 86.9 cm³/mol. The van der Waals surface area contributed by atoms with Crippen LogP contribution in [0.2, 0.25) is 0 Å². The lowest BCUT2D eigenvalue weighted by molar-refractivity contribution is 0.102. The van der Waals surface area contributed by atoms with E-state index >= 15 is 0 Å². The maximum atomic E-state index is 12.4. The Bertz CT molecular complexity index is 671. The number of aromatic nitrogens is 2. The van der Waals surface area contributed by atoms with Crippen molar-refractivity contribution in [2.24, 2.45) is 7.05 Å². The first-order valence-electron chi connectivity index (χ1n) is 7.75. The second-order valence-electron chi connectivity index (χ2n) is 5.93. The molecule has 5 nitrogen and oxygen atoms in total. The molecule has 3 rings (SSSR count). The molecule has 116 valence electrons. The molecule has 1 amide bonds. The molecule has 1 saturated heterocycles. The fourth-order valence-electron chi connectivity index (χ4n) is 2.93. The number of anilines is 1. The van der Waals surface area contributed by atoms with Gasteiger partial charge in [0.1, 0.15) is 5.82 Å². The molecular weight excluding hydrogens is 276 g/mol. The van der Waals surface area contributed by atoms with E-state index in [1.165, 1.54) is 18.4 Å². The number of carbonyl (C=O) groups is 1. The second-order valence-corrected chi connectivity index (χ2v) is 5.93. The summed E-state index contributed by atoms with van der Waals surface area (Å²) in [5.74, 6) is 0.624. The summed E-state index contributed by atoms with van der Waals surface area (Å²) in [5, 5.41) is 7.16. The zero-order chi connectivity index (χ0) is 15.5. The molecule has 1 N–H and O–H groups in total. The molecule has 22 heavy (non-hydrogen) atoms. The standard InChI is InChI=1S/C17H22N4O/c1-13-10-16(20(2)19-13)18-17(22)15-7-5-6-14(11-15)12-21-8-3-4-9-21/h5-7,10-11H,3-4,8-9,12H2,1-2H3,(H,18,22). The number of likely N-dealkylation sites (tertiary alicyclic amines) is 1. The molecule has 0 atom stereocenters. The van der Waals surface area contributed by atoms with Gasteiger partial charge in [-0.1, -0.05) is 12.1 Å². The van der Waals surface area contributed by atoms with E-state index in [0.717, 1.165) is 25.3 Å². The molecule has 1 aromatic heterocycles. The molecule has 2 heterocycles. The van der Waals surface area contributed by atoms with Gasteiger partial charge in [-0.15, -0.1) is 0 Å². The smallest absolute Gasteiger partial charge is 0.256 e. The minimum Gasteiger partial charge on any atom is -0.307 e. The van der Waals surface area contributed by atoms with Gasteiger partial charge in [0.2, 0.25) is 0 Å². The van der Waals surface area contributed by atoms with E-state index < -0.39 is 0 Å². The van der Waals surface area contributed by atoms with Gasteiger partial charge in [-0.05, 0) is 50.6 Å². The topological polar surface area (TPSA) is 50.2 Å². The third-order valence-corrected chi connectivity index (χ3v) is 4.04. The quantitative estimate of drug-likeness (QED) is 0.944. The van der Waals surface area contributed by atoms with Crippen molar-refractivity contribution in [3.63, 3.8) is 0 Å². The van der Waals surface area contributed by atoms with Crippen LogP contribution in [0.1, 0.15) is 34.5 Å². The molecule has 0 aliphatic carbocycles. The number of benzene rings is 1. The zero-order valence-electron chi connectivity index (χ0n) is 13.2. The number of rotatable bonds is 4. The van der Waals surface area contributed by atoms with Crippen LogP contribution in [0.4, 0.5) is 5.82 Å². The minimum absolute atomic E-state index is 0.0914. The Morgan fingerprint density at radius 2 is 2.05 bits per heavy atom. The Hall–Kier alpha value is -2.14. The Labute approximate surface area is 130 Å². The van der Waals surface area contributed by atoms with Crippen LogP contribution >= 0.6 is 0 Å². The van der Waals surface area contributed by atoms with Crippen molar-refractivity contribution in [1.82, 2.24) is 14.7 Å². The number of amides is 1. The highest BCUT2D eigenvalue weighted by atomic mass is 16.1. The molecule has 2 aromatic rings. The van der Waals surface area contributed by atoms with E-state index in [1.54, 1.807) is 4.68 Å². The molecule has 1 aliphatic heterocycles. The van der Waals surface area contributed by atoms with Crippen molar-refractivity contribution >= 4 is 11.7 Å². The Morgan fingerprint density at radius 1 is 1.27 bits per heavy atom. The predicted octanol–water partition coefficient (Wildman–Crippen LogP) is 2.58. The maximum absolute atomic E-state index is 12.4. The van der Waals surface area contributed by atoms with E-state index in [9.17, 15) is 4.79 Å². The normalized spacial score (nSPS) is 15.2. The summed E-state index contributed by atoms with van der Waals surface area (Å²) < 4.78 is 1.68. The third kappa shape index (κ3) is 3.36. The number of nitrogens with zero attached hydrogens (tertiary/aromatic N) is 3. The lowest BCUT2D eigenvalue weighted by Crippen LogP contribution is -2.19. The van der Waals surface area contributed by atoms with Gasteiger partial charge >= 0.3 is 0 Å². The molecule has 0 radical (unpaired) electrons. The number of hydrogen-bond acceptors (Lipinski definition) is 3. The Morgan fingerprint density at radius 3 is 2.73 bits per heavy atom. The van der Waals surface area contributed by atoms with Crippen LogP contribution in [-0.4, -0.2) is 33.7 Å². The second kappa shape index (κ2) is 6.32. The van der Waals surface area contributed by atoms with E-state index in [0.29, 0.717) is 11.4 Å². The van der Waals surface area contributed by atoms with Crippen molar-refractivity contribution < 1.29 is 4.79 Å². The number of nitrogens with one attached hydrogen (secondary N) is 1. The van der Waals surface area contributed by atoms with Crippen molar-refractivity contribution in [3.05, 3.63) is 47.2 Å². The van der Waals surface area contributed by atoms with Gasteiger partial charge in [0.05, 0.1) is 5.69 Å². The average Bonchev–Trinajstić information content (AvgIpc) is 3.09. The van der Waals surface area contributed by atoms with Crippen molar-refractivity contribution in [3.8, 4) is 0 Å². The fourth-order valence-corrected chi connectivity index (χ4v) is 2.93. The highest BCUT2D eigenvalue weighted by molar-refractivity contribution is 6.03. The molecule has 1 aliphatic rings. The molecule has 0 unspecified atom stereocenters. The summed E-state index contributed by atoms with van der Waals surface area (Å²) in [4.78, 5) is 14.8. The zero-order valence-corrected chi connectivity index (χ0v) is 13.2. The lowest BCUT2D eigenvalue weighted by Gasteiger charge is -2.15. The Balaban J connectivity index is 1.70. The Kier molecular flexibility index (Phi) is 4.24. The molecule has 0 spiro atoms. The van der Waals surface area contributed by atoms with E-state index in [4.69, 9.17) is 0 Å². The van der Waals surface area contributed by atoms with Crippen LogP contribution in [0, 0.1) is 6.92 Å². The lowest BCUT2D eigenvalue weighted by atomic mass is 10.1. The van der Waals surface area contributed by atoms with E-state index in [-0.39, 0.29) is 5.91 Å². The first-order chi connectivity index (χ1) is 10.6. The van der Waals surface area contributed by atoms with Crippen LogP contribution < -0.4 is 5.32 Å². The molecule has 5 heteroatoms. The van der Waals surface area contributed by atoms with Crippen LogP contribution in [0.15, 0.2) is 30.3 Å². The minimum atomic E-state index is -0.0914. The molecular formula is C17H22N4O. The van der Waals surface area contributed by atoms with Crippen molar-refractivity contribution in [2.45, 2.75) is 26.3 Å². The van der Waals surface area contributed by atoms with Crippen LogP contribution in [-0.2, 0) is 13.6 Å². The molecule has 0 bridgehead atoms. The number of carbonyl (C=O) groups excluding carboxylic acids is 1. The van der Waals surface area contributed by atoms with Gasteiger partial charge in [0.15, 0.2) is 0 Å². The number of aryl methyl sites for hydroxylation is 2. The SMILES string of the molecule is Cc1cc(NC(=O)c2cccc(CN3CCCC3)c2)n(C)n1. The number of hydrogen-bond donors (Lipinski definition) is 1. The van der Waals surface area contributed by atoms with Crippen LogP contribution in [0.5, 0.6) is 0 Å².